The fourth-order valence-corrected chi connectivity index (χ4v) is 4.82. The average Bonchev–Trinajstić information content (AvgIpc) is 3.08. The van der Waals surface area contributed by atoms with E-state index < -0.39 is 0 Å². The zero-order valence-electron chi connectivity index (χ0n) is 14.4. The van der Waals surface area contributed by atoms with Crippen LogP contribution >= 0.6 is 0 Å². The van der Waals surface area contributed by atoms with Gasteiger partial charge in [0.05, 0.1) is 18.3 Å². The minimum Gasteiger partial charge on any atom is -0.391 e. The zero-order valence-corrected chi connectivity index (χ0v) is 14.4. The monoisotopic (exact) mass is 333 g/mol. The molecule has 1 aromatic rings. The normalized spacial score (nSPS) is 40.8. The van der Waals surface area contributed by atoms with Crippen LogP contribution in [0.2, 0.25) is 0 Å². The molecule has 24 heavy (non-hydrogen) atoms. The van der Waals surface area contributed by atoms with E-state index in [4.69, 9.17) is 14.2 Å². The van der Waals surface area contributed by atoms with Crippen molar-refractivity contribution < 1.29 is 19.3 Å². The van der Waals surface area contributed by atoms with Gasteiger partial charge in [-0.1, -0.05) is 30.3 Å². The summed E-state index contributed by atoms with van der Waals surface area (Å²) >= 11 is 0. The molecule has 0 amide bonds. The summed E-state index contributed by atoms with van der Waals surface area (Å²) in [6.45, 7) is 4.18. The van der Waals surface area contributed by atoms with E-state index in [1.807, 2.05) is 6.07 Å². The standard InChI is InChI=1S/C19H27NO4/c1-12(13-6-4-3-5-7-13)20-9-15-14(16(21)10-20)8-17-19(18(15)22-2)24-11-23-17/h3-7,12,14-19,21H,8-11H2,1-2H3/t12-,14-,15-,16+,17-,18-,19+/m1/s1. The Hall–Kier alpha value is -0.980. The Morgan fingerprint density at radius 1 is 1.17 bits per heavy atom. The van der Waals surface area contributed by atoms with Crippen LogP contribution in [0.3, 0.4) is 0 Å². The van der Waals surface area contributed by atoms with Crippen molar-refractivity contribution in [2.24, 2.45) is 11.8 Å². The van der Waals surface area contributed by atoms with Crippen LogP contribution in [-0.4, -0.2) is 61.4 Å². The van der Waals surface area contributed by atoms with Crippen molar-refractivity contribution in [2.45, 2.75) is 43.8 Å². The highest BCUT2D eigenvalue weighted by Crippen LogP contribution is 2.43. The predicted octanol–water partition coefficient (Wildman–Crippen LogP) is 1.82. The van der Waals surface area contributed by atoms with Crippen molar-refractivity contribution in [1.29, 1.82) is 0 Å². The van der Waals surface area contributed by atoms with E-state index >= 15 is 0 Å². The molecule has 1 saturated carbocycles. The van der Waals surface area contributed by atoms with Crippen LogP contribution in [0.15, 0.2) is 30.3 Å². The number of rotatable bonds is 3. The van der Waals surface area contributed by atoms with Gasteiger partial charge < -0.3 is 19.3 Å². The van der Waals surface area contributed by atoms with Crippen molar-refractivity contribution in [2.75, 3.05) is 27.0 Å². The van der Waals surface area contributed by atoms with Gasteiger partial charge in [-0.3, -0.25) is 4.90 Å². The molecule has 0 spiro atoms. The Morgan fingerprint density at radius 3 is 2.71 bits per heavy atom. The third kappa shape index (κ3) is 2.78. The number of nitrogens with zero attached hydrogens (tertiary/aromatic N) is 1. The van der Waals surface area contributed by atoms with Gasteiger partial charge in [-0.15, -0.1) is 0 Å². The zero-order chi connectivity index (χ0) is 16.7. The number of methoxy groups -OCH3 is 1. The Bertz CT molecular complexity index is 554. The molecule has 7 atom stereocenters. The number of aliphatic hydroxyl groups is 1. The number of piperidine rings is 1. The number of aliphatic hydroxyl groups excluding tert-OH is 1. The van der Waals surface area contributed by atoms with E-state index in [0.29, 0.717) is 13.3 Å². The molecule has 5 nitrogen and oxygen atoms in total. The first-order valence-corrected chi connectivity index (χ1v) is 8.92. The minimum absolute atomic E-state index is 0.00423. The molecular formula is C19H27NO4. The van der Waals surface area contributed by atoms with E-state index in [0.717, 1.165) is 13.0 Å². The van der Waals surface area contributed by atoms with Gasteiger partial charge in [0.15, 0.2) is 0 Å². The van der Waals surface area contributed by atoms with Crippen LogP contribution in [0.4, 0.5) is 0 Å². The first-order chi connectivity index (χ1) is 11.7. The Balaban J connectivity index is 1.55. The molecule has 0 bridgehead atoms. The molecule has 2 aliphatic heterocycles. The van der Waals surface area contributed by atoms with E-state index in [1.54, 1.807) is 7.11 Å². The molecule has 1 aliphatic carbocycles. The largest absolute Gasteiger partial charge is 0.391 e. The topological polar surface area (TPSA) is 51.2 Å². The summed E-state index contributed by atoms with van der Waals surface area (Å²) in [6.07, 6.45) is 0.554. The molecule has 5 heteroatoms. The van der Waals surface area contributed by atoms with E-state index in [9.17, 15) is 5.11 Å². The van der Waals surface area contributed by atoms with Crippen LogP contribution in [-0.2, 0) is 14.2 Å². The first-order valence-electron chi connectivity index (χ1n) is 8.92. The SMILES string of the molecule is CO[C@@H]1[C@@H]2CN([C@H](C)c3ccccc3)C[C@H](O)[C@@H]2C[C@H]2OCO[C@H]12. The van der Waals surface area contributed by atoms with Gasteiger partial charge in [-0.2, -0.15) is 0 Å². The molecular weight excluding hydrogens is 306 g/mol. The van der Waals surface area contributed by atoms with Crippen LogP contribution in [0.1, 0.15) is 24.9 Å². The molecule has 4 rings (SSSR count). The predicted molar refractivity (Wildman–Crippen MR) is 89.4 cm³/mol. The van der Waals surface area contributed by atoms with Gasteiger partial charge in [0.1, 0.15) is 12.9 Å². The molecule has 0 aromatic heterocycles. The lowest BCUT2D eigenvalue weighted by molar-refractivity contribution is -0.152. The maximum atomic E-state index is 10.8. The van der Waals surface area contributed by atoms with Crippen LogP contribution in [0, 0.1) is 11.8 Å². The van der Waals surface area contributed by atoms with Crippen molar-refractivity contribution in [3.63, 3.8) is 0 Å². The van der Waals surface area contributed by atoms with Crippen molar-refractivity contribution in [3.8, 4) is 0 Å². The maximum Gasteiger partial charge on any atom is 0.147 e. The quantitative estimate of drug-likeness (QED) is 0.914. The number of β-amino-alcohol motifs (C(OH)–C–C–N with tert-alkyl or cyclic N) is 1. The van der Waals surface area contributed by atoms with Crippen LogP contribution in [0.25, 0.3) is 0 Å². The lowest BCUT2D eigenvalue weighted by Gasteiger charge is -2.51. The number of hydrogen-bond acceptors (Lipinski definition) is 5. The third-order valence-corrected chi connectivity index (χ3v) is 6.17. The summed E-state index contributed by atoms with van der Waals surface area (Å²) in [7, 11) is 1.75. The molecule has 2 saturated heterocycles. The summed E-state index contributed by atoms with van der Waals surface area (Å²) < 4.78 is 17.3. The highest BCUT2D eigenvalue weighted by molar-refractivity contribution is 5.19. The molecule has 132 valence electrons. The van der Waals surface area contributed by atoms with Gasteiger partial charge >= 0.3 is 0 Å². The lowest BCUT2D eigenvalue weighted by Crippen LogP contribution is -2.61. The molecule has 0 unspecified atom stereocenters. The Kier molecular flexibility index (Phi) is 4.62. The molecule has 3 fully saturated rings. The number of likely N-dealkylation sites (tertiary alicyclic amines) is 1. The van der Waals surface area contributed by atoms with E-state index in [-0.39, 0.29) is 42.3 Å². The minimum atomic E-state index is -0.349. The number of ether oxygens (including phenoxy) is 3. The fraction of sp³-hybridized carbons (Fsp3) is 0.684. The first kappa shape index (κ1) is 16.5. The fourth-order valence-electron chi connectivity index (χ4n) is 4.82. The van der Waals surface area contributed by atoms with Gasteiger partial charge in [0.2, 0.25) is 0 Å². The van der Waals surface area contributed by atoms with Gasteiger partial charge in [-0.05, 0) is 24.8 Å². The number of benzene rings is 1. The summed E-state index contributed by atoms with van der Waals surface area (Å²) in [6, 6.07) is 10.8. The smallest absolute Gasteiger partial charge is 0.147 e. The summed E-state index contributed by atoms with van der Waals surface area (Å²) in [5.41, 5.74) is 1.28. The molecule has 1 N–H and O–H groups in total. The second-order valence-electron chi connectivity index (χ2n) is 7.33. The Morgan fingerprint density at radius 2 is 1.96 bits per heavy atom. The second kappa shape index (κ2) is 6.73. The van der Waals surface area contributed by atoms with Crippen molar-refractivity contribution >= 4 is 0 Å². The number of hydrogen-bond donors (Lipinski definition) is 1. The van der Waals surface area contributed by atoms with Crippen molar-refractivity contribution in [1.82, 2.24) is 4.90 Å². The van der Waals surface area contributed by atoms with E-state index in [2.05, 4.69) is 36.1 Å². The van der Waals surface area contributed by atoms with Crippen molar-refractivity contribution in [3.05, 3.63) is 35.9 Å². The molecule has 2 heterocycles. The highest BCUT2D eigenvalue weighted by Gasteiger charge is 2.53. The Labute approximate surface area is 143 Å². The van der Waals surface area contributed by atoms with Crippen LogP contribution in [0.5, 0.6) is 0 Å². The summed E-state index contributed by atoms with van der Waals surface area (Å²) in [5, 5.41) is 10.8. The summed E-state index contributed by atoms with van der Waals surface area (Å²) in [4.78, 5) is 2.38. The molecule has 1 aromatic carbocycles. The van der Waals surface area contributed by atoms with E-state index in [1.165, 1.54) is 5.56 Å². The third-order valence-electron chi connectivity index (χ3n) is 6.17. The highest BCUT2D eigenvalue weighted by atomic mass is 16.7. The molecule has 3 aliphatic rings. The van der Waals surface area contributed by atoms with Crippen LogP contribution < -0.4 is 0 Å². The van der Waals surface area contributed by atoms with Gasteiger partial charge in [0, 0.05) is 32.2 Å². The molecule has 0 radical (unpaired) electrons. The van der Waals surface area contributed by atoms with Gasteiger partial charge in [0.25, 0.3) is 0 Å². The van der Waals surface area contributed by atoms with Gasteiger partial charge in [-0.25, -0.2) is 0 Å². The maximum absolute atomic E-state index is 10.8. The summed E-state index contributed by atoms with van der Waals surface area (Å²) in [5.74, 6) is 0.491. The number of fused-ring (bicyclic) bond motifs is 2. The lowest BCUT2D eigenvalue weighted by atomic mass is 9.69. The average molecular weight is 333 g/mol. The second-order valence-corrected chi connectivity index (χ2v) is 7.33.